The first-order valence-electron chi connectivity index (χ1n) is 4.13. The summed E-state index contributed by atoms with van der Waals surface area (Å²) in [5.41, 5.74) is -1.43. The smallest absolute Gasteiger partial charge is 0.287 e. The molecule has 1 rings (SSSR count). The molecular formula is C9H2BrClF6O. The molecule has 0 amide bonds. The first-order chi connectivity index (χ1) is 8.00. The van der Waals surface area contributed by atoms with Gasteiger partial charge < -0.3 is 0 Å². The SMILES string of the molecule is O=C(c1ccc(Br)c(Cl)c1F)C(F)(F)C(F)(F)F. The van der Waals surface area contributed by atoms with Crippen LogP contribution < -0.4 is 0 Å². The Hall–Kier alpha value is -0.760. The molecule has 100 valence electrons. The minimum absolute atomic E-state index is 0.0754. The van der Waals surface area contributed by atoms with Crippen LogP contribution in [0.1, 0.15) is 10.4 Å². The number of hydrogen-bond donors (Lipinski definition) is 0. The van der Waals surface area contributed by atoms with Crippen LogP contribution in [0.4, 0.5) is 26.3 Å². The molecule has 1 aromatic rings. The largest absolute Gasteiger partial charge is 0.461 e. The summed E-state index contributed by atoms with van der Waals surface area (Å²) in [4.78, 5) is 11.0. The topological polar surface area (TPSA) is 17.1 Å². The zero-order valence-electron chi connectivity index (χ0n) is 8.09. The standard InChI is InChI=1S/C9H2BrClF6O/c10-4-2-1-3(6(12)5(4)11)7(18)8(13,14)9(15,16)17/h1-2H. The molecule has 0 saturated heterocycles. The second-order valence-corrected chi connectivity index (χ2v) is 4.36. The van der Waals surface area contributed by atoms with Crippen LogP contribution in [0.5, 0.6) is 0 Å². The van der Waals surface area contributed by atoms with Crippen LogP contribution in [-0.4, -0.2) is 17.9 Å². The molecule has 0 unspecified atom stereocenters. The molecule has 0 spiro atoms. The Balaban J connectivity index is 3.33. The van der Waals surface area contributed by atoms with E-state index < -0.39 is 34.3 Å². The molecule has 0 N–H and O–H groups in total. The summed E-state index contributed by atoms with van der Waals surface area (Å²) in [6.07, 6.45) is -6.10. The average molecular weight is 355 g/mol. The predicted molar refractivity (Wildman–Crippen MR) is 54.4 cm³/mol. The van der Waals surface area contributed by atoms with E-state index in [0.717, 1.165) is 6.07 Å². The lowest BCUT2D eigenvalue weighted by Gasteiger charge is -2.18. The van der Waals surface area contributed by atoms with E-state index in [-0.39, 0.29) is 4.47 Å². The van der Waals surface area contributed by atoms with Crippen LogP contribution >= 0.6 is 27.5 Å². The van der Waals surface area contributed by atoms with Crippen molar-refractivity contribution < 1.29 is 31.1 Å². The summed E-state index contributed by atoms with van der Waals surface area (Å²) in [5, 5.41) is -0.751. The van der Waals surface area contributed by atoms with Gasteiger partial charge in [0.05, 0.1) is 10.6 Å². The highest BCUT2D eigenvalue weighted by atomic mass is 79.9. The number of rotatable bonds is 2. The van der Waals surface area contributed by atoms with Gasteiger partial charge in [-0.05, 0) is 28.1 Å². The lowest BCUT2D eigenvalue weighted by Crippen LogP contribution is -2.44. The van der Waals surface area contributed by atoms with E-state index in [1.165, 1.54) is 0 Å². The summed E-state index contributed by atoms with van der Waals surface area (Å²) in [6.45, 7) is 0. The molecule has 18 heavy (non-hydrogen) atoms. The number of alkyl halides is 5. The van der Waals surface area contributed by atoms with E-state index in [4.69, 9.17) is 11.6 Å². The Bertz CT molecular complexity index is 499. The van der Waals surface area contributed by atoms with E-state index in [1.54, 1.807) is 0 Å². The minimum atomic E-state index is -6.10. The van der Waals surface area contributed by atoms with Crippen molar-refractivity contribution in [3.8, 4) is 0 Å². The maximum absolute atomic E-state index is 13.3. The van der Waals surface area contributed by atoms with Gasteiger partial charge in [-0.2, -0.15) is 22.0 Å². The molecule has 0 aromatic heterocycles. The first-order valence-corrected chi connectivity index (χ1v) is 5.30. The number of halogens is 8. The Morgan fingerprint density at radius 3 is 2.11 bits per heavy atom. The number of Topliss-reactive ketones (excluding diaryl/α,β-unsaturated/α-hetero) is 1. The number of ketones is 1. The average Bonchev–Trinajstić information content (AvgIpc) is 2.24. The lowest BCUT2D eigenvalue weighted by atomic mass is 10.0. The van der Waals surface area contributed by atoms with Gasteiger partial charge >= 0.3 is 12.1 Å². The maximum Gasteiger partial charge on any atom is 0.461 e. The summed E-state index contributed by atoms with van der Waals surface area (Å²) in [7, 11) is 0. The highest BCUT2D eigenvalue weighted by Crippen LogP contribution is 2.39. The molecule has 0 aliphatic rings. The Morgan fingerprint density at radius 2 is 1.67 bits per heavy atom. The molecule has 0 atom stereocenters. The van der Waals surface area contributed by atoms with Gasteiger partial charge in [-0.25, -0.2) is 4.39 Å². The van der Waals surface area contributed by atoms with Crippen molar-refractivity contribution in [3.63, 3.8) is 0 Å². The van der Waals surface area contributed by atoms with E-state index >= 15 is 0 Å². The molecule has 1 aromatic carbocycles. The number of hydrogen-bond acceptors (Lipinski definition) is 1. The molecule has 0 bridgehead atoms. The fraction of sp³-hybridized carbons (Fsp3) is 0.222. The molecule has 0 radical (unpaired) electrons. The summed E-state index contributed by atoms with van der Waals surface area (Å²) in [5.74, 6) is -10.0. The third-order valence-corrected chi connectivity index (χ3v) is 3.18. The summed E-state index contributed by atoms with van der Waals surface area (Å²) in [6, 6.07) is 1.39. The van der Waals surface area contributed by atoms with E-state index in [9.17, 15) is 31.1 Å². The highest BCUT2D eigenvalue weighted by molar-refractivity contribution is 9.10. The van der Waals surface area contributed by atoms with Crippen molar-refractivity contribution >= 4 is 33.3 Å². The van der Waals surface area contributed by atoms with Gasteiger partial charge in [-0.3, -0.25) is 4.79 Å². The van der Waals surface area contributed by atoms with Gasteiger partial charge in [-0.1, -0.05) is 11.6 Å². The molecule has 0 aliphatic carbocycles. The van der Waals surface area contributed by atoms with E-state index in [1.807, 2.05) is 0 Å². The van der Waals surface area contributed by atoms with Gasteiger partial charge in [-0.15, -0.1) is 0 Å². The van der Waals surface area contributed by atoms with E-state index in [0.29, 0.717) is 6.07 Å². The minimum Gasteiger partial charge on any atom is -0.287 e. The molecule has 0 heterocycles. The monoisotopic (exact) mass is 354 g/mol. The predicted octanol–water partition coefficient (Wildman–Crippen LogP) is 4.62. The van der Waals surface area contributed by atoms with Crippen LogP contribution in [-0.2, 0) is 0 Å². The van der Waals surface area contributed by atoms with Crippen molar-refractivity contribution in [2.45, 2.75) is 12.1 Å². The lowest BCUT2D eigenvalue weighted by molar-refractivity contribution is -0.255. The van der Waals surface area contributed by atoms with E-state index in [2.05, 4.69) is 15.9 Å². The zero-order valence-corrected chi connectivity index (χ0v) is 10.4. The van der Waals surface area contributed by atoms with Gasteiger partial charge in [0.15, 0.2) is 5.82 Å². The summed E-state index contributed by atoms with van der Waals surface area (Å²) < 4.78 is 74.6. The van der Waals surface area contributed by atoms with Gasteiger partial charge in [0, 0.05) is 4.47 Å². The third kappa shape index (κ3) is 2.49. The molecule has 0 aliphatic heterocycles. The van der Waals surface area contributed by atoms with Crippen LogP contribution in [0.25, 0.3) is 0 Å². The van der Waals surface area contributed by atoms with Gasteiger partial charge in [0.25, 0.3) is 0 Å². The van der Waals surface area contributed by atoms with Crippen LogP contribution in [0.15, 0.2) is 16.6 Å². The molecular weight excluding hydrogens is 353 g/mol. The molecule has 9 heteroatoms. The number of carbonyl (C=O) groups excluding carboxylic acids is 1. The molecule has 0 saturated carbocycles. The normalized spacial score (nSPS) is 12.7. The van der Waals surface area contributed by atoms with Crippen molar-refractivity contribution in [1.82, 2.24) is 0 Å². The first kappa shape index (κ1) is 15.3. The Labute approximate surface area is 110 Å². The zero-order chi connectivity index (χ0) is 14.3. The molecule has 1 nitrogen and oxygen atoms in total. The van der Waals surface area contributed by atoms with Crippen LogP contribution in [0, 0.1) is 5.82 Å². The molecule has 0 fully saturated rings. The number of carbonyl (C=O) groups is 1. The summed E-state index contributed by atoms with van der Waals surface area (Å²) >= 11 is 8.02. The third-order valence-electron chi connectivity index (χ3n) is 1.92. The van der Waals surface area contributed by atoms with Gasteiger partial charge in [0.1, 0.15) is 0 Å². The second-order valence-electron chi connectivity index (χ2n) is 3.12. The fourth-order valence-electron chi connectivity index (χ4n) is 0.999. The second kappa shape index (κ2) is 4.73. The van der Waals surface area contributed by atoms with Crippen LogP contribution in [0.2, 0.25) is 5.02 Å². The highest BCUT2D eigenvalue weighted by Gasteiger charge is 2.63. The van der Waals surface area contributed by atoms with Crippen molar-refractivity contribution in [2.75, 3.05) is 0 Å². The van der Waals surface area contributed by atoms with Gasteiger partial charge in [0.2, 0.25) is 5.78 Å². The van der Waals surface area contributed by atoms with Crippen molar-refractivity contribution in [3.05, 3.63) is 33.0 Å². The van der Waals surface area contributed by atoms with Crippen molar-refractivity contribution in [1.29, 1.82) is 0 Å². The fourth-order valence-corrected chi connectivity index (χ4v) is 1.47. The Morgan fingerprint density at radius 1 is 1.17 bits per heavy atom. The van der Waals surface area contributed by atoms with Crippen molar-refractivity contribution in [2.24, 2.45) is 0 Å². The number of benzene rings is 1. The van der Waals surface area contributed by atoms with Crippen LogP contribution in [0.3, 0.4) is 0 Å². The maximum atomic E-state index is 13.3. The quantitative estimate of drug-likeness (QED) is 0.430. The Kier molecular flexibility index (Phi) is 4.02.